The zero-order valence-corrected chi connectivity index (χ0v) is 56.0. The van der Waals surface area contributed by atoms with Gasteiger partial charge >= 0.3 is 0 Å². The van der Waals surface area contributed by atoms with Crippen molar-refractivity contribution in [3.63, 3.8) is 0 Å². The summed E-state index contributed by atoms with van der Waals surface area (Å²) in [5, 5.41) is 83.0. The van der Waals surface area contributed by atoms with Gasteiger partial charge in [0.2, 0.25) is 0 Å². The van der Waals surface area contributed by atoms with Crippen LogP contribution in [0.3, 0.4) is 0 Å². The van der Waals surface area contributed by atoms with Gasteiger partial charge in [0.1, 0.15) is 46.0 Å². The zero-order valence-electron chi connectivity index (χ0n) is 48.7. The van der Waals surface area contributed by atoms with Crippen LogP contribution in [-0.4, -0.2) is 97.7 Å². The van der Waals surface area contributed by atoms with Crippen molar-refractivity contribution in [3.8, 4) is 92.0 Å². The SMILES string of the molecule is C.COc1cc(OC)c2c(c1)[C@H]1[C@H](c3ccc(OC)c(OC)c3)c3c(OC)cc(OC)cc3[C@H]1[C@@H]2c1ccc(OC)c(OC)c1.Oc1cc(O)c2c(c1)[C@H]1[C@H](c3ccc(O)c(O)c3)c3c(O)cc(O)cc3[C@H]1[C@@H]2c1ccc(O)c(O)c1.S=S=S=S=S=S=S=S=S. The van der Waals surface area contributed by atoms with E-state index in [1.165, 1.54) is 54.2 Å². The molecule has 8 N–H and O–H groups in total. The minimum Gasteiger partial charge on any atom is -0.508 e. The summed E-state index contributed by atoms with van der Waals surface area (Å²) in [6.45, 7) is 0. The smallest absolute Gasteiger partial charge is 0.161 e. The molecule has 25 heteroatoms. The van der Waals surface area contributed by atoms with Gasteiger partial charge in [0, 0.05) is 178 Å². The van der Waals surface area contributed by atoms with Gasteiger partial charge in [0.05, 0.1) is 56.9 Å². The molecule has 8 aromatic carbocycles. The van der Waals surface area contributed by atoms with Crippen molar-refractivity contribution in [2.24, 2.45) is 0 Å². The van der Waals surface area contributed by atoms with Crippen molar-refractivity contribution in [1.82, 2.24) is 0 Å². The Balaban J connectivity index is 0.000000188. The van der Waals surface area contributed by atoms with E-state index in [-0.39, 0.29) is 77.1 Å². The van der Waals surface area contributed by atoms with Crippen molar-refractivity contribution in [1.29, 1.82) is 0 Å². The Kier molecular flexibility index (Phi) is 21.4. The first kappa shape index (κ1) is 66.9. The molecule has 474 valence electrons. The van der Waals surface area contributed by atoms with Crippen LogP contribution in [0.2, 0.25) is 0 Å². The first-order chi connectivity index (χ1) is 43.0. The number of fused-ring (bicyclic) bond motifs is 10. The third kappa shape index (κ3) is 12.4. The van der Waals surface area contributed by atoms with Gasteiger partial charge in [0.15, 0.2) is 46.0 Å². The van der Waals surface area contributed by atoms with Crippen LogP contribution in [-0.2, 0) is 84.5 Å². The lowest BCUT2D eigenvalue weighted by molar-refractivity contribution is 0.353. The van der Waals surface area contributed by atoms with Crippen LogP contribution in [0.25, 0.3) is 0 Å². The number of hydrogen-bond acceptors (Lipinski definition) is 18. The molecule has 0 spiro atoms. The first-order valence-corrected chi connectivity index (χ1v) is 37.7. The van der Waals surface area contributed by atoms with Crippen LogP contribution >= 0.6 is 0 Å². The average molecular weight is 1390 g/mol. The van der Waals surface area contributed by atoms with E-state index in [1.807, 2.05) is 24.3 Å². The molecule has 0 bridgehead atoms. The van der Waals surface area contributed by atoms with E-state index in [9.17, 15) is 40.9 Å². The van der Waals surface area contributed by atoms with E-state index in [4.69, 9.17) is 37.9 Å². The number of phenolic OH excluding ortho intramolecular Hbond substituents is 8. The second kappa shape index (κ2) is 28.8. The largest absolute Gasteiger partial charge is 0.508 e. The summed E-state index contributed by atoms with van der Waals surface area (Å²) in [7, 11) is 24.3. The molecule has 0 unspecified atom stereocenters. The van der Waals surface area contributed by atoms with Crippen molar-refractivity contribution in [3.05, 3.63) is 188 Å². The molecule has 0 aromatic heterocycles. The van der Waals surface area contributed by atoms with Crippen LogP contribution in [0.15, 0.2) is 121 Å². The van der Waals surface area contributed by atoms with Gasteiger partial charge in [-0.15, -0.1) is 0 Å². The Morgan fingerprint density at radius 1 is 0.289 bits per heavy atom. The Bertz CT molecular complexity index is 4130. The number of hydrogen-bond donors (Lipinski definition) is 8. The highest BCUT2D eigenvalue weighted by molar-refractivity contribution is 8.72. The number of ether oxygens (including phenoxy) is 8. The number of aromatic hydroxyl groups is 8. The molecular formula is C65H64O16S9. The topological polar surface area (TPSA) is 236 Å². The quantitative estimate of drug-likeness (QED) is 0.0531. The Morgan fingerprint density at radius 2 is 0.600 bits per heavy atom. The summed E-state index contributed by atoms with van der Waals surface area (Å²) in [5.41, 5.74) is 10.1. The first-order valence-electron chi connectivity index (χ1n) is 27.1. The number of rotatable bonds is 12. The maximum Gasteiger partial charge on any atom is 0.161 e. The fourth-order valence-electron chi connectivity index (χ4n) is 13.7. The molecule has 4 aliphatic carbocycles. The van der Waals surface area contributed by atoms with Gasteiger partial charge in [-0.3, -0.25) is 0 Å². The van der Waals surface area contributed by atoms with E-state index >= 15 is 0 Å². The van der Waals surface area contributed by atoms with Gasteiger partial charge in [-0.1, -0.05) is 31.7 Å². The zero-order chi connectivity index (χ0) is 63.5. The van der Waals surface area contributed by atoms with Gasteiger partial charge in [-0.2, -0.15) is 0 Å². The molecule has 12 rings (SSSR count). The van der Waals surface area contributed by atoms with Crippen molar-refractivity contribution in [2.75, 3.05) is 56.9 Å². The molecule has 16 nitrogen and oxygen atoms in total. The summed E-state index contributed by atoms with van der Waals surface area (Å²) in [6.07, 6.45) is 0. The van der Waals surface area contributed by atoms with Crippen LogP contribution in [0, 0.1) is 0 Å². The lowest BCUT2D eigenvalue weighted by Gasteiger charge is -2.24. The summed E-state index contributed by atoms with van der Waals surface area (Å²) in [6, 6.07) is 34.8. The molecular weight excluding hydrogens is 1330 g/mol. The lowest BCUT2D eigenvalue weighted by Crippen LogP contribution is -2.11. The van der Waals surface area contributed by atoms with Gasteiger partial charge in [-0.05, 0) is 117 Å². The fourth-order valence-corrected chi connectivity index (χ4v) is 27.4. The van der Waals surface area contributed by atoms with E-state index in [0.717, 1.165) is 56.4 Å². The highest BCUT2D eigenvalue weighted by atomic mass is 33.4. The summed E-state index contributed by atoms with van der Waals surface area (Å²) in [4.78, 5) is 0. The maximum atomic E-state index is 11.0. The van der Waals surface area contributed by atoms with E-state index in [0.29, 0.717) is 56.4 Å². The lowest BCUT2D eigenvalue weighted by atomic mass is 9.79. The molecule has 90 heavy (non-hydrogen) atoms. The third-order valence-corrected chi connectivity index (χ3v) is 30.2. The Labute approximate surface area is 550 Å². The summed E-state index contributed by atoms with van der Waals surface area (Å²) in [5.74, 6) is 1.52. The van der Waals surface area contributed by atoms with Gasteiger partial charge in [-0.25, -0.2) is 0 Å². The number of methoxy groups -OCH3 is 8. The highest BCUT2D eigenvalue weighted by Gasteiger charge is 2.56. The molecule has 8 aromatic rings. The van der Waals surface area contributed by atoms with E-state index in [2.05, 4.69) is 58.8 Å². The third-order valence-electron chi connectivity index (χ3n) is 16.9. The number of phenols is 8. The molecule has 0 radical (unpaired) electrons. The number of benzene rings is 8. The van der Waals surface area contributed by atoms with Crippen LogP contribution in [0.5, 0.6) is 92.0 Å². The molecule has 0 saturated heterocycles. The van der Waals surface area contributed by atoms with E-state index in [1.54, 1.807) is 126 Å². The molecule has 0 heterocycles. The van der Waals surface area contributed by atoms with E-state index < -0.39 is 23.7 Å². The Morgan fingerprint density at radius 3 is 0.922 bits per heavy atom. The predicted octanol–water partition coefficient (Wildman–Crippen LogP) is 12.0. The van der Waals surface area contributed by atoms with Gasteiger partial charge < -0.3 is 78.7 Å². The molecule has 0 saturated carbocycles. The second-order valence-electron chi connectivity index (χ2n) is 20.8. The molecule has 8 atom stereocenters. The highest BCUT2D eigenvalue weighted by Crippen LogP contribution is 2.71. The van der Waals surface area contributed by atoms with Crippen molar-refractivity contribution < 1.29 is 78.7 Å². The van der Waals surface area contributed by atoms with Crippen LogP contribution in [0.4, 0.5) is 0 Å². The van der Waals surface area contributed by atoms with Crippen molar-refractivity contribution >= 4 is 84.5 Å². The van der Waals surface area contributed by atoms with Crippen LogP contribution < -0.4 is 37.9 Å². The predicted molar refractivity (Wildman–Crippen MR) is 369 cm³/mol. The van der Waals surface area contributed by atoms with Gasteiger partial charge in [0.25, 0.3) is 0 Å². The monoisotopic (exact) mass is 1390 g/mol. The molecule has 0 fully saturated rings. The standard InChI is InChI=1S/C36H38O8.C28H22O8.CH4.S9/c1-37-21-15-23-33(29(17-21)43-7)31(19-9-11-25(39-3)27(13-19)41-5)36-24-16-22(38-2)18-30(44-8)34(24)32(35(23)36)20-10-12-26(40-4)28(14-20)42-6;29-13-7-15-25(21(35)9-13)23(11-1-3-17(31)19(33)5-11)27-16-8-14(30)10-22(36)26(16)24(28(15)27)12-2-4-18(32)20(34)6-12;;1-3-5-7-9-8-6-4-2/h9-18,31-32,35-36H,1-8H3;1-10,23-24,27-36H;1H4;/t31-,32-,35+,36+;23-,24-,27+,28+;;/m11../s1. The maximum absolute atomic E-state index is 11.0. The molecule has 4 aliphatic rings. The minimum absolute atomic E-state index is 0. The van der Waals surface area contributed by atoms with Crippen LogP contribution in [0.1, 0.15) is 122 Å². The molecule has 0 aliphatic heterocycles. The summed E-state index contributed by atoms with van der Waals surface area (Å²) >= 11 is 9.27. The average Bonchev–Trinajstić information content (AvgIpc) is 1.54. The second-order valence-corrected chi connectivity index (χ2v) is 33.2. The summed E-state index contributed by atoms with van der Waals surface area (Å²) < 4.78 is 46.5. The fraction of sp³-hybridized carbons (Fsp3) is 0.262. The normalized spacial score (nSPS) is 18.8. The molecule has 0 amide bonds. The van der Waals surface area contributed by atoms with Crippen molar-refractivity contribution in [2.45, 2.75) is 54.8 Å². The Hall–Kier alpha value is -7.46. The minimum atomic E-state index is -0.576.